The smallest absolute Gasteiger partial charge is 0.316 e. The van der Waals surface area contributed by atoms with E-state index >= 15 is 0 Å². The summed E-state index contributed by atoms with van der Waals surface area (Å²) in [7, 11) is 0. The number of para-hydroxylation sites is 1. The van der Waals surface area contributed by atoms with E-state index in [-0.39, 0.29) is 18.3 Å². The van der Waals surface area contributed by atoms with Crippen molar-refractivity contribution in [3.05, 3.63) is 53.6 Å². The van der Waals surface area contributed by atoms with Crippen LogP contribution >= 0.6 is 0 Å². The van der Waals surface area contributed by atoms with Crippen LogP contribution in [0.1, 0.15) is 24.5 Å². The molecule has 0 spiro atoms. The SMILES string of the molecule is CCOc1ccc(N2C[C@H](C(=O)Oc3c(C)cccc3C)CC2=O)cc1. The van der Waals surface area contributed by atoms with Crippen LogP contribution in [0.25, 0.3) is 0 Å². The van der Waals surface area contributed by atoms with E-state index in [1.165, 1.54) is 0 Å². The average molecular weight is 353 g/mol. The van der Waals surface area contributed by atoms with Gasteiger partial charge in [-0.05, 0) is 56.2 Å². The summed E-state index contributed by atoms with van der Waals surface area (Å²) in [5, 5.41) is 0. The standard InChI is InChI=1S/C21H23NO4/c1-4-25-18-10-8-17(9-11-18)22-13-16(12-19(22)23)21(24)26-20-14(2)6-5-7-15(20)3/h5-11,16H,4,12-13H2,1-3H3/t16-/m1/s1. The molecule has 1 atom stereocenters. The molecular formula is C21H23NO4. The zero-order chi connectivity index (χ0) is 18.7. The van der Waals surface area contributed by atoms with Crippen molar-refractivity contribution in [2.45, 2.75) is 27.2 Å². The third-order valence-electron chi connectivity index (χ3n) is 4.53. The van der Waals surface area contributed by atoms with Crippen LogP contribution < -0.4 is 14.4 Å². The molecule has 0 bridgehead atoms. The summed E-state index contributed by atoms with van der Waals surface area (Å²) in [6, 6.07) is 13.1. The first-order valence-corrected chi connectivity index (χ1v) is 8.80. The number of nitrogens with zero attached hydrogens (tertiary/aromatic N) is 1. The quantitative estimate of drug-likeness (QED) is 0.608. The molecule has 1 amide bonds. The third-order valence-corrected chi connectivity index (χ3v) is 4.53. The van der Waals surface area contributed by atoms with Gasteiger partial charge >= 0.3 is 5.97 Å². The number of hydrogen-bond donors (Lipinski definition) is 0. The molecule has 2 aromatic carbocycles. The monoisotopic (exact) mass is 353 g/mol. The first-order valence-electron chi connectivity index (χ1n) is 8.80. The molecular weight excluding hydrogens is 330 g/mol. The Morgan fingerprint density at radius 1 is 1.12 bits per heavy atom. The predicted molar refractivity (Wildman–Crippen MR) is 99.6 cm³/mol. The number of benzene rings is 2. The second-order valence-electron chi connectivity index (χ2n) is 6.47. The molecule has 0 radical (unpaired) electrons. The summed E-state index contributed by atoms with van der Waals surface area (Å²) in [5.41, 5.74) is 2.58. The molecule has 0 unspecified atom stereocenters. The Balaban J connectivity index is 1.70. The maximum Gasteiger partial charge on any atom is 0.316 e. The van der Waals surface area contributed by atoms with E-state index in [2.05, 4.69) is 0 Å². The maximum atomic E-state index is 12.6. The van der Waals surface area contributed by atoms with Crippen LogP contribution in [0.5, 0.6) is 11.5 Å². The average Bonchev–Trinajstić information content (AvgIpc) is 3.01. The summed E-state index contributed by atoms with van der Waals surface area (Å²) in [5.74, 6) is 0.452. The number of carbonyl (C=O) groups excluding carboxylic acids is 2. The van der Waals surface area contributed by atoms with Crippen LogP contribution in [0, 0.1) is 19.8 Å². The fourth-order valence-corrected chi connectivity index (χ4v) is 3.15. The van der Waals surface area contributed by atoms with Gasteiger partial charge in [0.1, 0.15) is 11.5 Å². The lowest BCUT2D eigenvalue weighted by Crippen LogP contribution is -2.27. The van der Waals surface area contributed by atoms with Gasteiger partial charge in [-0.25, -0.2) is 0 Å². The Morgan fingerprint density at radius 3 is 2.38 bits per heavy atom. The Bertz CT molecular complexity index is 793. The van der Waals surface area contributed by atoms with Crippen LogP contribution in [0.3, 0.4) is 0 Å². The van der Waals surface area contributed by atoms with Gasteiger partial charge in [0.2, 0.25) is 5.91 Å². The lowest BCUT2D eigenvalue weighted by atomic mass is 10.1. The molecule has 1 fully saturated rings. The number of esters is 1. The lowest BCUT2D eigenvalue weighted by molar-refractivity contribution is -0.139. The molecule has 0 saturated carbocycles. The normalized spacial score (nSPS) is 16.7. The van der Waals surface area contributed by atoms with E-state index in [9.17, 15) is 9.59 Å². The minimum absolute atomic E-state index is 0.0717. The van der Waals surface area contributed by atoms with Crippen molar-refractivity contribution in [1.82, 2.24) is 0 Å². The molecule has 0 N–H and O–H groups in total. The van der Waals surface area contributed by atoms with E-state index in [0.717, 1.165) is 22.6 Å². The van der Waals surface area contributed by atoms with Crippen molar-refractivity contribution in [2.75, 3.05) is 18.1 Å². The zero-order valence-corrected chi connectivity index (χ0v) is 15.3. The summed E-state index contributed by atoms with van der Waals surface area (Å²) in [6.45, 7) is 6.65. The molecule has 1 heterocycles. The molecule has 0 aliphatic carbocycles. The molecule has 1 aliphatic heterocycles. The maximum absolute atomic E-state index is 12.6. The highest BCUT2D eigenvalue weighted by molar-refractivity contribution is 5.99. The van der Waals surface area contributed by atoms with Gasteiger partial charge in [0.25, 0.3) is 0 Å². The molecule has 5 heteroatoms. The molecule has 26 heavy (non-hydrogen) atoms. The molecule has 136 valence electrons. The molecule has 1 aliphatic rings. The van der Waals surface area contributed by atoms with Crippen LogP contribution in [-0.2, 0) is 9.59 Å². The Labute approximate surface area is 153 Å². The number of anilines is 1. The van der Waals surface area contributed by atoms with Crippen LogP contribution in [0.2, 0.25) is 0 Å². The number of rotatable bonds is 5. The summed E-state index contributed by atoms with van der Waals surface area (Å²) >= 11 is 0. The van der Waals surface area contributed by atoms with Crippen molar-refractivity contribution in [2.24, 2.45) is 5.92 Å². The number of hydrogen-bond acceptors (Lipinski definition) is 4. The Kier molecular flexibility index (Phi) is 5.26. The van der Waals surface area contributed by atoms with Crippen molar-refractivity contribution in [3.63, 3.8) is 0 Å². The van der Waals surface area contributed by atoms with Gasteiger partial charge in [-0.1, -0.05) is 18.2 Å². The number of aryl methyl sites for hydroxylation is 2. The molecule has 3 rings (SSSR count). The highest BCUT2D eigenvalue weighted by Gasteiger charge is 2.36. The summed E-state index contributed by atoms with van der Waals surface area (Å²) in [6.07, 6.45) is 0.164. The van der Waals surface area contributed by atoms with E-state index in [1.807, 2.05) is 63.2 Å². The van der Waals surface area contributed by atoms with Crippen molar-refractivity contribution in [1.29, 1.82) is 0 Å². The minimum Gasteiger partial charge on any atom is -0.494 e. The predicted octanol–water partition coefficient (Wildman–Crippen LogP) is 3.66. The van der Waals surface area contributed by atoms with E-state index in [0.29, 0.717) is 18.9 Å². The molecule has 0 aromatic heterocycles. The number of carbonyl (C=O) groups is 2. The number of amides is 1. The van der Waals surface area contributed by atoms with Gasteiger partial charge in [-0.2, -0.15) is 0 Å². The Morgan fingerprint density at radius 2 is 1.77 bits per heavy atom. The topological polar surface area (TPSA) is 55.8 Å². The lowest BCUT2D eigenvalue weighted by Gasteiger charge is -2.17. The zero-order valence-electron chi connectivity index (χ0n) is 15.3. The molecule has 2 aromatic rings. The largest absolute Gasteiger partial charge is 0.494 e. The molecule has 5 nitrogen and oxygen atoms in total. The van der Waals surface area contributed by atoms with Gasteiger partial charge in [0, 0.05) is 18.7 Å². The Hall–Kier alpha value is -2.82. The second-order valence-corrected chi connectivity index (χ2v) is 6.47. The van der Waals surface area contributed by atoms with Crippen LogP contribution in [-0.4, -0.2) is 25.0 Å². The van der Waals surface area contributed by atoms with E-state index in [4.69, 9.17) is 9.47 Å². The first kappa shape index (κ1) is 18.0. The minimum atomic E-state index is -0.465. The fourth-order valence-electron chi connectivity index (χ4n) is 3.15. The third kappa shape index (κ3) is 3.72. The van der Waals surface area contributed by atoms with Crippen molar-refractivity contribution < 1.29 is 19.1 Å². The second kappa shape index (κ2) is 7.60. The van der Waals surface area contributed by atoms with Crippen molar-refractivity contribution >= 4 is 17.6 Å². The highest BCUT2D eigenvalue weighted by atomic mass is 16.5. The van der Waals surface area contributed by atoms with Gasteiger partial charge in [-0.15, -0.1) is 0 Å². The van der Waals surface area contributed by atoms with Gasteiger partial charge in [0.15, 0.2) is 0 Å². The van der Waals surface area contributed by atoms with Crippen molar-refractivity contribution in [3.8, 4) is 11.5 Å². The van der Waals surface area contributed by atoms with Gasteiger partial charge in [0.05, 0.1) is 12.5 Å². The fraction of sp³-hybridized carbons (Fsp3) is 0.333. The van der Waals surface area contributed by atoms with Crippen LogP contribution in [0.4, 0.5) is 5.69 Å². The summed E-state index contributed by atoms with van der Waals surface area (Å²) < 4.78 is 11.0. The van der Waals surface area contributed by atoms with Gasteiger partial charge < -0.3 is 14.4 Å². The van der Waals surface area contributed by atoms with E-state index < -0.39 is 5.92 Å². The van der Waals surface area contributed by atoms with Crippen LogP contribution in [0.15, 0.2) is 42.5 Å². The highest BCUT2D eigenvalue weighted by Crippen LogP contribution is 2.29. The molecule has 1 saturated heterocycles. The number of ether oxygens (including phenoxy) is 2. The van der Waals surface area contributed by atoms with Gasteiger partial charge in [-0.3, -0.25) is 9.59 Å². The van der Waals surface area contributed by atoms with E-state index in [1.54, 1.807) is 4.90 Å². The first-order chi connectivity index (χ1) is 12.5. The summed E-state index contributed by atoms with van der Waals surface area (Å²) in [4.78, 5) is 26.6.